The number of Topliss-reactive ketones (excluding diaryl/α,β-unsaturated/α-hetero) is 1. The zero-order chi connectivity index (χ0) is 27.1. The Balaban J connectivity index is -0.000000213. The molecule has 0 spiro atoms. The zero-order valence-corrected chi connectivity index (χ0v) is 23.6. The number of hydrogen-bond donors (Lipinski definition) is 1. The first-order chi connectivity index (χ1) is 15.9. The first-order valence-corrected chi connectivity index (χ1v) is 13.4. The lowest BCUT2D eigenvalue weighted by molar-refractivity contribution is -0.165. The van der Waals surface area contributed by atoms with Crippen LogP contribution in [0.5, 0.6) is 0 Å². The number of hydrogen-bond acceptors (Lipinski definition) is 5. The summed E-state index contributed by atoms with van der Waals surface area (Å²) in [6.07, 6.45) is 10.3. The summed E-state index contributed by atoms with van der Waals surface area (Å²) in [5.41, 5.74) is 0. The number of rotatable bonds is 15. The van der Waals surface area contributed by atoms with E-state index < -0.39 is 5.97 Å². The van der Waals surface area contributed by atoms with Gasteiger partial charge in [0.15, 0.2) is 0 Å². The second kappa shape index (κ2) is 26.9. The van der Waals surface area contributed by atoms with Crippen molar-refractivity contribution in [2.75, 3.05) is 0 Å². The van der Waals surface area contributed by atoms with Crippen molar-refractivity contribution in [3.63, 3.8) is 0 Å². The lowest BCUT2D eigenvalue weighted by Gasteiger charge is -2.12. The van der Waals surface area contributed by atoms with Crippen LogP contribution in [0.4, 0.5) is 0 Å². The van der Waals surface area contributed by atoms with Crippen molar-refractivity contribution < 1.29 is 29.0 Å². The Morgan fingerprint density at radius 2 is 0.943 bits per heavy atom. The minimum absolute atomic E-state index is 0. The molecule has 0 aromatic heterocycles. The van der Waals surface area contributed by atoms with Crippen molar-refractivity contribution in [2.45, 2.75) is 140 Å². The number of unbranched alkanes of at least 4 members (excludes halogenated alkanes) is 1. The SMILES string of the molecule is C.CCCC(C)C(=O)O.CCCC(C)C(=O)OC(=O)C(C)CCC.CCCCC(=O)C(C)CCC. The standard InChI is InChI=1S/C12H22O3.C10H20O.C6H12O2.CH4/c1-5-7-9(3)11(13)15-12(14)10(4)8-6-2;1-4-6-8-10(11)9(3)7-5-2;1-3-4-5(2)6(7)8;/h9-10H,5-8H2,1-4H3;9H,4-8H2,1-3H3;5H,3-4H2,1-2H3,(H,7,8);1H4. The van der Waals surface area contributed by atoms with Crippen molar-refractivity contribution in [2.24, 2.45) is 23.7 Å². The molecular weight excluding hydrogens is 444 g/mol. The molecule has 4 unspecified atom stereocenters. The number of carboxylic acids is 1. The molecule has 0 bridgehead atoms. The van der Waals surface area contributed by atoms with E-state index in [1.54, 1.807) is 20.8 Å². The molecule has 0 saturated carbocycles. The Kier molecular flexibility index (Phi) is 31.1. The van der Waals surface area contributed by atoms with Gasteiger partial charge in [-0.05, 0) is 32.1 Å². The quantitative estimate of drug-likeness (QED) is 0.179. The van der Waals surface area contributed by atoms with Crippen LogP contribution in [0, 0.1) is 23.7 Å². The highest BCUT2D eigenvalue weighted by molar-refractivity contribution is 5.87. The number of esters is 2. The normalized spacial score (nSPS) is 13.3. The summed E-state index contributed by atoms with van der Waals surface area (Å²) in [5.74, 6) is -1.22. The van der Waals surface area contributed by atoms with Crippen LogP contribution in [0.3, 0.4) is 0 Å². The van der Waals surface area contributed by atoms with E-state index in [1.165, 1.54) is 0 Å². The van der Waals surface area contributed by atoms with Gasteiger partial charge in [-0.1, -0.05) is 102 Å². The maximum atomic E-state index is 11.4. The highest BCUT2D eigenvalue weighted by Crippen LogP contribution is 2.12. The average Bonchev–Trinajstić information content (AvgIpc) is 2.78. The summed E-state index contributed by atoms with van der Waals surface area (Å²) in [7, 11) is 0. The number of aliphatic carboxylic acids is 1. The summed E-state index contributed by atoms with van der Waals surface area (Å²) in [6.45, 7) is 17.6. The average molecular weight is 503 g/mol. The fourth-order valence-corrected chi connectivity index (χ4v) is 3.15. The van der Waals surface area contributed by atoms with Crippen LogP contribution in [0.15, 0.2) is 0 Å². The van der Waals surface area contributed by atoms with E-state index in [4.69, 9.17) is 9.84 Å². The van der Waals surface area contributed by atoms with Crippen molar-refractivity contribution in [1.82, 2.24) is 0 Å². The third kappa shape index (κ3) is 25.2. The summed E-state index contributed by atoms with van der Waals surface area (Å²) in [6, 6.07) is 0. The van der Waals surface area contributed by atoms with Gasteiger partial charge >= 0.3 is 17.9 Å². The van der Waals surface area contributed by atoms with Gasteiger partial charge in [0.25, 0.3) is 0 Å². The van der Waals surface area contributed by atoms with E-state index in [1.807, 2.05) is 27.7 Å². The van der Waals surface area contributed by atoms with E-state index in [-0.39, 0.29) is 37.1 Å². The smallest absolute Gasteiger partial charge is 0.316 e. The van der Waals surface area contributed by atoms with E-state index in [2.05, 4.69) is 13.8 Å². The minimum Gasteiger partial charge on any atom is -0.481 e. The van der Waals surface area contributed by atoms with Crippen molar-refractivity contribution in [3.05, 3.63) is 0 Å². The minimum atomic E-state index is -0.688. The van der Waals surface area contributed by atoms with Gasteiger partial charge in [-0.3, -0.25) is 19.2 Å². The fourth-order valence-electron chi connectivity index (χ4n) is 3.15. The maximum absolute atomic E-state index is 11.4. The Labute approximate surface area is 217 Å². The zero-order valence-electron chi connectivity index (χ0n) is 23.6. The first-order valence-electron chi connectivity index (χ1n) is 13.4. The molecule has 0 aromatic carbocycles. The van der Waals surface area contributed by atoms with Gasteiger partial charge in [-0.25, -0.2) is 0 Å². The fraction of sp³-hybridized carbons (Fsp3) is 0.862. The molecule has 0 rings (SSSR count). The van der Waals surface area contributed by atoms with Gasteiger partial charge in [0.1, 0.15) is 5.78 Å². The molecule has 1 N–H and O–H groups in total. The number of carbonyl (C=O) groups is 4. The van der Waals surface area contributed by atoms with Gasteiger partial charge in [0.2, 0.25) is 0 Å². The molecule has 6 nitrogen and oxygen atoms in total. The van der Waals surface area contributed by atoms with E-state index in [0.29, 0.717) is 11.7 Å². The third-order valence-electron chi connectivity index (χ3n) is 5.64. The van der Waals surface area contributed by atoms with Crippen LogP contribution < -0.4 is 0 Å². The molecule has 0 aliphatic carbocycles. The van der Waals surface area contributed by atoms with Crippen LogP contribution in [-0.4, -0.2) is 28.8 Å². The van der Waals surface area contributed by atoms with Crippen LogP contribution >= 0.6 is 0 Å². The molecule has 4 atom stereocenters. The second-order valence-corrected chi connectivity index (χ2v) is 9.41. The number of ketones is 1. The summed E-state index contributed by atoms with van der Waals surface area (Å²) >= 11 is 0. The van der Waals surface area contributed by atoms with E-state index >= 15 is 0 Å². The largest absolute Gasteiger partial charge is 0.481 e. The molecule has 0 radical (unpaired) electrons. The lowest BCUT2D eigenvalue weighted by Crippen LogP contribution is -2.23. The van der Waals surface area contributed by atoms with Crippen LogP contribution in [0.25, 0.3) is 0 Å². The van der Waals surface area contributed by atoms with Crippen LogP contribution in [-0.2, 0) is 23.9 Å². The number of carbonyl (C=O) groups excluding carboxylic acids is 3. The van der Waals surface area contributed by atoms with Crippen LogP contribution in [0.2, 0.25) is 0 Å². The number of ether oxygens (including phenoxy) is 1. The van der Waals surface area contributed by atoms with Gasteiger partial charge in [-0.2, -0.15) is 0 Å². The van der Waals surface area contributed by atoms with Gasteiger partial charge in [0.05, 0.1) is 17.8 Å². The van der Waals surface area contributed by atoms with Gasteiger partial charge in [0, 0.05) is 12.3 Å². The van der Waals surface area contributed by atoms with Crippen molar-refractivity contribution >= 4 is 23.7 Å². The summed E-state index contributed by atoms with van der Waals surface area (Å²) in [5, 5.41) is 8.31. The maximum Gasteiger partial charge on any atom is 0.316 e. The van der Waals surface area contributed by atoms with E-state index in [9.17, 15) is 19.2 Å². The molecule has 0 saturated heterocycles. The molecular formula is C29H58O6. The summed E-state index contributed by atoms with van der Waals surface area (Å²) < 4.78 is 4.80. The van der Waals surface area contributed by atoms with E-state index in [0.717, 1.165) is 70.6 Å². The first kappa shape index (κ1) is 40.4. The Morgan fingerprint density at radius 1 is 0.600 bits per heavy atom. The Morgan fingerprint density at radius 3 is 1.23 bits per heavy atom. The topological polar surface area (TPSA) is 97.7 Å². The highest BCUT2D eigenvalue weighted by atomic mass is 16.6. The Hall–Kier alpha value is -1.72. The van der Waals surface area contributed by atoms with Crippen molar-refractivity contribution in [1.29, 1.82) is 0 Å². The molecule has 210 valence electrons. The van der Waals surface area contributed by atoms with Crippen molar-refractivity contribution in [3.8, 4) is 0 Å². The second-order valence-electron chi connectivity index (χ2n) is 9.41. The monoisotopic (exact) mass is 502 g/mol. The number of carboxylic acid groups (broad SMARTS) is 1. The van der Waals surface area contributed by atoms with Gasteiger partial charge in [-0.15, -0.1) is 0 Å². The molecule has 6 heteroatoms. The molecule has 0 aromatic rings. The predicted octanol–water partition coefficient (Wildman–Crippen LogP) is 8.25. The molecule has 0 amide bonds. The molecule has 0 aliphatic rings. The van der Waals surface area contributed by atoms with Crippen LogP contribution in [0.1, 0.15) is 140 Å². The van der Waals surface area contributed by atoms with Gasteiger partial charge < -0.3 is 9.84 Å². The predicted molar refractivity (Wildman–Crippen MR) is 146 cm³/mol. The summed E-state index contributed by atoms with van der Waals surface area (Å²) in [4.78, 5) is 44.2. The lowest BCUT2D eigenvalue weighted by atomic mass is 9.97. The molecule has 0 fully saturated rings. The molecule has 35 heavy (non-hydrogen) atoms. The molecule has 0 heterocycles. The highest BCUT2D eigenvalue weighted by Gasteiger charge is 2.21. The Bertz CT molecular complexity index is 521. The molecule has 0 aliphatic heterocycles. The third-order valence-corrected chi connectivity index (χ3v) is 5.64.